The molecule has 3 fully saturated rings. The third-order valence-corrected chi connectivity index (χ3v) is 19.0. The fraction of sp³-hybridized carbons (Fsp3) is 0.240. The minimum absolute atomic E-state index is 0.104. The molecule has 4 aromatic carbocycles. The summed E-state index contributed by atoms with van der Waals surface area (Å²) in [4.78, 5) is 59.2. The van der Waals surface area contributed by atoms with Crippen molar-refractivity contribution in [3.05, 3.63) is 232 Å². The minimum Gasteiger partial charge on any atom is -0.456 e. The molecule has 3 saturated heterocycles. The molecular formula is C75H68ClN15O7. The third kappa shape index (κ3) is 12.8. The number of hydrogen-bond acceptors (Lipinski definition) is 16. The van der Waals surface area contributed by atoms with Crippen LogP contribution < -0.4 is 16.7 Å². The number of nitrogens with zero attached hydrogens (tertiary/aromatic N) is 15. The number of hydrogen-bond donors (Lipinski definition) is 0. The molecule has 3 aliphatic heterocycles. The number of rotatable bonds is 15. The fourth-order valence-corrected chi connectivity index (χ4v) is 13.7. The maximum Gasteiger partial charge on any atom is 0.266 e. The lowest BCUT2D eigenvalue weighted by molar-refractivity contribution is 0.0361. The van der Waals surface area contributed by atoms with Crippen molar-refractivity contribution in [2.45, 2.75) is 45.3 Å². The van der Waals surface area contributed by atoms with Gasteiger partial charge in [0.1, 0.15) is 40.4 Å². The number of fused-ring (bicyclic) bond motifs is 6. The number of furan rings is 3. The second-order valence-corrected chi connectivity index (χ2v) is 25.3. The molecular weight excluding hydrogens is 1260 g/mol. The van der Waals surface area contributed by atoms with E-state index in [0.717, 1.165) is 132 Å². The lowest BCUT2D eigenvalue weighted by Gasteiger charge is -2.26. The van der Waals surface area contributed by atoms with Gasteiger partial charge >= 0.3 is 0 Å². The van der Waals surface area contributed by atoms with E-state index >= 15 is 0 Å². The summed E-state index contributed by atoms with van der Waals surface area (Å²) in [6, 6.07) is 40.0. The van der Waals surface area contributed by atoms with Crippen LogP contribution >= 0.6 is 11.6 Å². The zero-order chi connectivity index (χ0) is 66.1. The summed E-state index contributed by atoms with van der Waals surface area (Å²) in [7, 11) is 0. The van der Waals surface area contributed by atoms with Crippen molar-refractivity contribution in [1.82, 2.24) is 72.7 Å². The number of morpholine rings is 1. The fourth-order valence-electron chi connectivity index (χ4n) is 13.5. The zero-order valence-corrected chi connectivity index (χ0v) is 54.4. The van der Waals surface area contributed by atoms with Crippen molar-refractivity contribution in [1.29, 1.82) is 0 Å². The Hall–Kier alpha value is -10.9. The molecule has 0 unspecified atom stereocenters. The van der Waals surface area contributed by atoms with Crippen molar-refractivity contribution in [2.75, 3.05) is 72.1 Å². The van der Waals surface area contributed by atoms with Gasteiger partial charge in [-0.3, -0.25) is 52.0 Å². The Morgan fingerprint density at radius 2 is 0.796 bits per heavy atom. The quantitative estimate of drug-likeness (QED) is 0.0932. The number of aromatic nitrogens is 12. The van der Waals surface area contributed by atoms with Crippen LogP contribution in [0.5, 0.6) is 0 Å². The van der Waals surface area contributed by atoms with Gasteiger partial charge in [-0.15, -0.1) is 0 Å². The molecule has 0 aliphatic carbocycles. The van der Waals surface area contributed by atoms with Crippen LogP contribution in [0.25, 0.3) is 117 Å². The Morgan fingerprint density at radius 3 is 1.22 bits per heavy atom. The second-order valence-electron chi connectivity index (χ2n) is 24.9. The van der Waals surface area contributed by atoms with E-state index in [1.807, 2.05) is 131 Å². The number of pyridine rings is 4. The van der Waals surface area contributed by atoms with Gasteiger partial charge in [0.2, 0.25) is 0 Å². The summed E-state index contributed by atoms with van der Waals surface area (Å²) in [6.07, 6.45) is 24.3. The van der Waals surface area contributed by atoms with Gasteiger partial charge in [-0.1, -0.05) is 23.7 Å². The third-order valence-electron chi connectivity index (χ3n) is 18.8. The molecule has 0 spiro atoms. The van der Waals surface area contributed by atoms with Gasteiger partial charge in [-0.2, -0.15) is 15.3 Å². The zero-order valence-electron chi connectivity index (χ0n) is 53.6. The van der Waals surface area contributed by atoms with Crippen LogP contribution in [-0.2, 0) is 24.4 Å². The minimum atomic E-state index is -0.131. The van der Waals surface area contributed by atoms with Crippen LogP contribution in [0.15, 0.2) is 223 Å². The number of benzene rings is 4. The molecule has 14 heterocycles. The number of halogens is 1. The van der Waals surface area contributed by atoms with Crippen LogP contribution in [0, 0.1) is 0 Å². The highest BCUT2D eigenvalue weighted by atomic mass is 35.5. The molecule has 492 valence electrons. The first-order valence-electron chi connectivity index (χ1n) is 33.2. The van der Waals surface area contributed by atoms with E-state index in [1.165, 1.54) is 58.2 Å². The smallest absolute Gasteiger partial charge is 0.266 e. The van der Waals surface area contributed by atoms with Crippen LogP contribution in [0.4, 0.5) is 0 Å². The van der Waals surface area contributed by atoms with E-state index in [2.05, 4.69) is 55.7 Å². The highest BCUT2D eigenvalue weighted by molar-refractivity contribution is 6.30. The predicted octanol–water partition coefficient (Wildman–Crippen LogP) is 12.2. The lowest BCUT2D eigenvalue weighted by Crippen LogP contribution is -2.38. The van der Waals surface area contributed by atoms with Crippen LogP contribution in [0.3, 0.4) is 0 Å². The van der Waals surface area contributed by atoms with Crippen molar-refractivity contribution >= 4 is 77.2 Å². The van der Waals surface area contributed by atoms with Crippen LogP contribution in [-0.4, -0.2) is 145 Å². The van der Waals surface area contributed by atoms with Crippen molar-refractivity contribution in [3.63, 3.8) is 0 Å². The van der Waals surface area contributed by atoms with Crippen molar-refractivity contribution in [3.8, 4) is 51.0 Å². The van der Waals surface area contributed by atoms with Gasteiger partial charge in [0.15, 0.2) is 0 Å². The first kappa shape index (κ1) is 62.0. The summed E-state index contributed by atoms with van der Waals surface area (Å²) in [6.45, 7) is 13.8. The Balaban J connectivity index is 0.000000115. The van der Waals surface area contributed by atoms with Gasteiger partial charge in [0.25, 0.3) is 16.7 Å². The molecule has 0 radical (unpaired) electrons. The molecule has 98 heavy (non-hydrogen) atoms. The Bertz CT molecular complexity index is 5330. The van der Waals surface area contributed by atoms with E-state index in [4.69, 9.17) is 29.6 Å². The van der Waals surface area contributed by atoms with Crippen molar-refractivity contribution < 1.29 is 18.0 Å². The lowest BCUT2D eigenvalue weighted by atomic mass is 10.1. The van der Waals surface area contributed by atoms with E-state index < -0.39 is 0 Å². The highest BCUT2D eigenvalue weighted by Gasteiger charge is 2.20. The second kappa shape index (κ2) is 27.3. The van der Waals surface area contributed by atoms with Crippen molar-refractivity contribution in [2.24, 2.45) is 0 Å². The Labute approximate surface area is 565 Å². The summed E-state index contributed by atoms with van der Waals surface area (Å²) in [5.41, 5.74) is 9.39. The first-order chi connectivity index (χ1) is 48.2. The first-order valence-corrected chi connectivity index (χ1v) is 33.6. The van der Waals surface area contributed by atoms with Gasteiger partial charge < -0.3 is 27.8 Å². The summed E-state index contributed by atoms with van der Waals surface area (Å²) < 4.78 is 34.2. The largest absolute Gasteiger partial charge is 0.456 e. The van der Waals surface area contributed by atoms with Gasteiger partial charge in [0.05, 0.1) is 89.7 Å². The Kier molecular flexibility index (Phi) is 17.3. The van der Waals surface area contributed by atoms with Gasteiger partial charge in [-0.05, 0) is 167 Å². The standard InChI is InChI=1S/C26H23ClN4O3.C25H23N5O2.C24H22N6O2/c27-20-3-1-2-18(14-20)25-16-22-24(34-25)6-7-30(26(22)32)21-4-5-23-19(15-21)17-28-31(23)9-8-29-10-12-33-13-11-29;31-25-21-16-24(18-5-8-26-9-6-18)32-23(21)7-12-29(25)20-3-4-22-19(15-20)17-27-30(22)14-13-28-10-1-2-11-28;31-24-20-12-23(18-13-25-16-26-14-18)32-22(20)5-8-29(24)19-3-4-21-17(11-19)15-27-30(21)10-9-28-6-1-2-7-28/h1-7,14-17H,8-13H2;3-9,12,15-17H,1-2,10-11,13-14H2;3-5,8,11-16H,1-2,6-7,9-10H2. The van der Waals surface area contributed by atoms with Gasteiger partial charge in [-0.25, -0.2) is 9.97 Å². The molecule has 0 atom stereocenters. The summed E-state index contributed by atoms with van der Waals surface area (Å²) in [5, 5.41) is 19.0. The van der Waals surface area contributed by atoms with Gasteiger partial charge in [0, 0.05) is 125 Å². The topological polar surface area (TPSA) is 216 Å². The molecule has 22 nitrogen and oxygen atoms in total. The SMILES string of the molecule is O=c1c2cc(-c3cccc(Cl)c3)oc2ccn1-c1ccc2c(cnn2CCN2CCOCC2)c1.O=c1c2cc(-c3ccncc3)oc2ccn1-c1ccc2c(cnn2CCN2CCCC2)c1.O=c1c2cc(-c3cncnc3)oc2ccn1-c1ccc2c(cnn2CCN2CCCC2)c1. The van der Waals surface area contributed by atoms with E-state index in [1.54, 1.807) is 75.3 Å². The van der Waals surface area contributed by atoms with E-state index in [9.17, 15) is 14.4 Å². The highest BCUT2D eigenvalue weighted by Crippen LogP contribution is 2.31. The molecule has 0 N–H and O–H groups in total. The summed E-state index contributed by atoms with van der Waals surface area (Å²) in [5.74, 6) is 1.85. The average molecular weight is 1330 g/mol. The van der Waals surface area contributed by atoms with Crippen LogP contribution in [0.2, 0.25) is 5.02 Å². The molecule has 15 aromatic rings. The van der Waals surface area contributed by atoms with E-state index in [0.29, 0.717) is 55.2 Å². The predicted molar refractivity (Wildman–Crippen MR) is 379 cm³/mol. The normalized spacial score (nSPS) is 14.7. The maximum atomic E-state index is 13.3. The molecule has 23 heteroatoms. The maximum absolute atomic E-state index is 13.3. The number of ether oxygens (including phenoxy) is 1. The van der Waals surface area contributed by atoms with E-state index in [-0.39, 0.29) is 16.7 Å². The molecule has 11 aromatic heterocycles. The number of likely N-dealkylation sites (tertiary alicyclic amines) is 2. The van der Waals surface area contributed by atoms with Crippen LogP contribution in [0.1, 0.15) is 25.7 Å². The molecule has 18 rings (SSSR count). The molecule has 0 bridgehead atoms. The Morgan fingerprint density at radius 1 is 0.388 bits per heavy atom. The molecule has 3 aliphatic rings. The summed E-state index contributed by atoms with van der Waals surface area (Å²) >= 11 is 6.12. The monoisotopic (exact) mass is 1330 g/mol. The molecule has 0 saturated carbocycles. The molecule has 0 amide bonds. The average Bonchev–Trinajstić information content (AvgIpc) is 1.57.